The predicted molar refractivity (Wildman–Crippen MR) is 204 cm³/mol. The molecule has 4 aromatic carbocycles. The van der Waals surface area contributed by atoms with Gasteiger partial charge in [-0.05, 0) is 111 Å². The van der Waals surface area contributed by atoms with E-state index in [0.29, 0.717) is 18.7 Å². The molecule has 0 saturated carbocycles. The number of benzene rings is 4. The number of amides is 2. The number of anilines is 1. The molecular formula is C41H49N3O4S. The van der Waals surface area contributed by atoms with Crippen molar-refractivity contribution in [3.05, 3.63) is 120 Å². The molecule has 258 valence electrons. The van der Waals surface area contributed by atoms with Crippen LogP contribution in [0.25, 0.3) is 20.5 Å². The van der Waals surface area contributed by atoms with E-state index in [0.717, 1.165) is 29.8 Å². The number of alkyl carbamates (subject to hydrolysis) is 1. The van der Waals surface area contributed by atoms with Crippen molar-refractivity contribution in [2.45, 2.75) is 58.1 Å². The molecule has 1 saturated heterocycles. The van der Waals surface area contributed by atoms with Gasteiger partial charge in [-0.3, -0.25) is 9.69 Å². The van der Waals surface area contributed by atoms with Crippen LogP contribution in [-0.2, 0) is 22.4 Å². The van der Waals surface area contributed by atoms with Crippen molar-refractivity contribution >= 4 is 39.1 Å². The largest absolute Gasteiger partial charge is 0.492 e. The molecule has 49 heavy (non-hydrogen) atoms. The predicted octanol–water partition coefficient (Wildman–Crippen LogP) is 9.20. The zero-order valence-electron chi connectivity index (χ0n) is 28.5. The number of rotatable bonds is 12. The summed E-state index contributed by atoms with van der Waals surface area (Å²) < 4.78 is 12.7. The average molecular weight is 680 g/mol. The molecule has 6 rings (SSSR count). The van der Waals surface area contributed by atoms with Crippen molar-refractivity contribution < 1.29 is 21.9 Å². The summed E-state index contributed by atoms with van der Waals surface area (Å²) in [6.07, 6.45) is 3.08. The molecule has 2 N–H and O–H groups in total. The van der Waals surface area contributed by atoms with Crippen molar-refractivity contribution in [2.24, 2.45) is 0 Å². The van der Waals surface area contributed by atoms with Gasteiger partial charge in [0, 0.05) is 31.1 Å². The number of carbonyl (C=O) groups is 2. The van der Waals surface area contributed by atoms with Crippen LogP contribution in [0.2, 0.25) is 0 Å². The van der Waals surface area contributed by atoms with Gasteiger partial charge in [-0.1, -0.05) is 72.8 Å². The van der Waals surface area contributed by atoms with Gasteiger partial charge in [0.2, 0.25) is 5.91 Å². The Morgan fingerprint density at radius 1 is 0.857 bits per heavy atom. The van der Waals surface area contributed by atoms with Crippen molar-refractivity contribution in [1.82, 2.24) is 10.2 Å². The molecular weight excluding hydrogens is 631 g/mol. The van der Waals surface area contributed by atoms with Gasteiger partial charge in [0.1, 0.15) is 24.0 Å². The summed E-state index contributed by atoms with van der Waals surface area (Å²) >= 11 is 1.78. The second kappa shape index (κ2) is 15.7. The molecule has 0 radical (unpaired) electrons. The molecule has 7 nitrogen and oxygen atoms in total. The maximum absolute atomic E-state index is 13.5. The third-order valence-corrected chi connectivity index (χ3v) is 9.84. The number of nitrogens with zero attached hydrogens (tertiary/aromatic N) is 1. The van der Waals surface area contributed by atoms with Crippen LogP contribution >= 0.6 is 11.3 Å². The van der Waals surface area contributed by atoms with Crippen LogP contribution in [0.3, 0.4) is 0 Å². The lowest BCUT2D eigenvalue weighted by atomic mass is 9.99. The van der Waals surface area contributed by atoms with E-state index in [-0.39, 0.29) is 8.76 Å². The molecule has 0 spiro atoms. The summed E-state index contributed by atoms with van der Waals surface area (Å²) in [5.41, 5.74) is 4.51. The second-order valence-corrected chi connectivity index (χ2v) is 14.6. The molecule has 1 aromatic heterocycles. The lowest BCUT2D eigenvalue weighted by molar-refractivity contribution is -0.118. The van der Waals surface area contributed by atoms with E-state index < -0.39 is 17.7 Å². The molecule has 8 heteroatoms. The highest BCUT2D eigenvalue weighted by Gasteiger charge is 2.25. The summed E-state index contributed by atoms with van der Waals surface area (Å²) in [4.78, 5) is 29.8. The zero-order chi connectivity index (χ0) is 34.2. The van der Waals surface area contributed by atoms with Crippen molar-refractivity contribution in [3.63, 3.8) is 0 Å². The highest BCUT2D eigenvalue weighted by molar-refractivity contribution is 7.22. The van der Waals surface area contributed by atoms with E-state index in [1.165, 1.54) is 52.0 Å². The second-order valence-electron chi connectivity index (χ2n) is 13.6. The summed E-state index contributed by atoms with van der Waals surface area (Å²) in [5.74, 6) is 0.594. The van der Waals surface area contributed by atoms with Crippen LogP contribution in [0.4, 0.5) is 10.5 Å². The van der Waals surface area contributed by atoms with Gasteiger partial charge in [0.25, 0.3) is 0 Å². The van der Waals surface area contributed by atoms with E-state index in [2.05, 4.69) is 76.2 Å². The first-order valence-corrected chi connectivity index (χ1v) is 17.9. The van der Waals surface area contributed by atoms with E-state index in [9.17, 15) is 9.59 Å². The minimum absolute atomic E-state index is 0. The van der Waals surface area contributed by atoms with Crippen LogP contribution in [-0.4, -0.2) is 54.8 Å². The summed E-state index contributed by atoms with van der Waals surface area (Å²) in [5, 5.41) is 7.03. The van der Waals surface area contributed by atoms with Gasteiger partial charge in [-0.25, -0.2) is 4.79 Å². The fourth-order valence-corrected chi connectivity index (χ4v) is 7.38. The van der Waals surface area contributed by atoms with E-state index >= 15 is 0 Å². The number of hydrogen-bond acceptors (Lipinski definition) is 6. The summed E-state index contributed by atoms with van der Waals surface area (Å²) in [6, 6.07) is 33.8. The van der Waals surface area contributed by atoms with Gasteiger partial charge >= 0.3 is 6.09 Å². The van der Waals surface area contributed by atoms with Crippen LogP contribution in [0.5, 0.6) is 5.75 Å². The van der Waals surface area contributed by atoms with Crippen LogP contribution < -0.4 is 15.4 Å². The van der Waals surface area contributed by atoms with Gasteiger partial charge in [0.05, 0.1) is 0 Å². The number of fused-ring (bicyclic) bond motifs is 1. The first-order chi connectivity index (χ1) is 23.7. The molecule has 2 heterocycles. The lowest BCUT2D eigenvalue weighted by Crippen LogP contribution is -2.47. The third kappa shape index (κ3) is 9.49. The standard InChI is InChI=1S/C41H45N3O4S.2H2/c1-41(2,3)48-40(46)43-36(28-29-11-5-4-6-12-29)39(45)42-32-19-17-31(18-20-32)38-35(34-13-7-8-14-37(34)49-38)27-30-15-21-33(22-16-30)47-26-25-44-23-9-10-24-44;;/h4-8,11-22,36H,9-10,23-28H2,1-3H3,(H,42,45)(H,43,46);2*1H/t36-;;/m0../s1. The van der Waals surface area contributed by atoms with E-state index in [1.807, 2.05) is 42.5 Å². The van der Waals surface area contributed by atoms with E-state index in [1.54, 1.807) is 32.1 Å². The van der Waals surface area contributed by atoms with E-state index in [4.69, 9.17) is 9.47 Å². The molecule has 0 bridgehead atoms. The smallest absolute Gasteiger partial charge is 0.408 e. The normalized spacial score (nSPS) is 14.0. The molecule has 5 aromatic rings. The average Bonchev–Trinajstić information content (AvgIpc) is 3.74. The van der Waals surface area contributed by atoms with Crippen molar-refractivity contribution in [1.29, 1.82) is 0 Å². The number of ether oxygens (including phenoxy) is 2. The Balaban J connectivity index is 0.00000292. The minimum Gasteiger partial charge on any atom is -0.492 e. The molecule has 2 amide bonds. The van der Waals surface area contributed by atoms with Gasteiger partial charge < -0.3 is 20.1 Å². The molecule has 0 aliphatic carbocycles. The monoisotopic (exact) mass is 679 g/mol. The van der Waals surface area contributed by atoms with Crippen molar-refractivity contribution in [2.75, 3.05) is 31.6 Å². The molecule has 1 atom stereocenters. The number of nitrogens with one attached hydrogen (secondary N) is 2. The van der Waals surface area contributed by atoms with Crippen LogP contribution in [0, 0.1) is 0 Å². The molecule has 0 unspecified atom stereocenters. The maximum atomic E-state index is 13.5. The summed E-state index contributed by atoms with van der Waals surface area (Å²) in [7, 11) is 0. The van der Waals surface area contributed by atoms with Gasteiger partial charge in [-0.15, -0.1) is 11.3 Å². The fraction of sp³-hybridized carbons (Fsp3) is 0.317. The lowest BCUT2D eigenvalue weighted by Gasteiger charge is -2.23. The Morgan fingerprint density at radius 3 is 2.27 bits per heavy atom. The Kier molecular flexibility index (Phi) is 11.0. The van der Waals surface area contributed by atoms with Crippen LogP contribution in [0.1, 0.15) is 53.2 Å². The number of likely N-dealkylation sites (tertiary alicyclic amines) is 1. The first-order valence-electron chi connectivity index (χ1n) is 17.1. The maximum Gasteiger partial charge on any atom is 0.408 e. The topological polar surface area (TPSA) is 79.9 Å². The van der Waals surface area contributed by atoms with Crippen molar-refractivity contribution in [3.8, 4) is 16.2 Å². The molecule has 1 aliphatic rings. The SMILES string of the molecule is CC(C)(C)OC(=O)N[C@@H](Cc1ccccc1)C(=O)Nc1ccc(-c2sc3ccccc3c2Cc2ccc(OCCN3CCCC3)cc2)cc1.[HH].[HH]. The Labute approximate surface area is 296 Å². The third-order valence-electron chi connectivity index (χ3n) is 8.58. The Hall–Kier alpha value is -4.66. The Morgan fingerprint density at radius 2 is 1.55 bits per heavy atom. The zero-order valence-corrected chi connectivity index (χ0v) is 29.4. The number of carbonyl (C=O) groups excluding carboxylic acids is 2. The number of hydrogen-bond donors (Lipinski definition) is 2. The molecule has 1 fully saturated rings. The first kappa shape index (κ1) is 34.2. The highest BCUT2D eigenvalue weighted by Crippen LogP contribution is 2.40. The molecule has 1 aliphatic heterocycles. The fourth-order valence-electron chi connectivity index (χ4n) is 6.16. The Bertz CT molecular complexity index is 1850. The van der Waals surface area contributed by atoms with Crippen LogP contribution in [0.15, 0.2) is 103 Å². The highest BCUT2D eigenvalue weighted by atomic mass is 32.1. The quantitative estimate of drug-likeness (QED) is 0.138. The van der Waals surface area contributed by atoms with Gasteiger partial charge in [-0.2, -0.15) is 0 Å². The minimum atomic E-state index is -0.812. The summed E-state index contributed by atoms with van der Waals surface area (Å²) in [6.45, 7) is 9.44. The van der Waals surface area contributed by atoms with Gasteiger partial charge in [0.15, 0.2) is 0 Å². The number of thiophene rings is 1.